The summed E-state index contributed by atoms with van der Waals surface area (Å²) in [6.45, 7) is 1.26. The molecule has 0 saturated carbocycles. The Balaban J connectivity index is 1.43. The predicted octanol–water partition coefficient (Wildman–Crippen LogP) is 3.28. The lowest BCUT2D eigenvalue weighted by Gasteiger charge is -2.19. The molecule has 2 aliphatic rings. The van der Waals surface area contributed by atoms with Gasteiger partial charge in [0.05, 0.1) is 11.4 Å². The van der Waals surface area contributed by atoms with Crippen molar-refractivity contribution < 1.29 is 14.0 Å². The van der Waals surface area contributed by atoms with Gasteiger partial charge >= 0.3 is 0 Å². The number of nitrogens with two attached hydrogens (primary N) is 1. The Morgan fingerprint density at radius 3 is 2.80 bits per heavy atom. The number of anilines is 2. The van der Waals surface area contributed by atoms with Gasteiger partial charge in [-0.15, -0.1) is 0 Å². The second kappa shape index (κ2) is 8.61. The highest BCUT2D eigenvalue weighted by atomic mass is 19.1. The molecule has 30 heavy (non-hydrogen) atoms. The number of aliphatic imine (C=N–C) groups is 1. The summed E-state index contributed by atoms with van der Waals surface area (Å²) in [6.07, 6.45) is 4.62. The molecule has 4 rings (SSSR count). The molecule has 156 valence electrons. The number of nitrogens with one attached hydrogen (secondary N) is 1. The first-order valence-electron chi connectivity index (χ1n) is 10.1. The number of likely N-dealkylation sites (tertiary alicyclic amines) is 1. The number of carbonyl (C=O) groups excluding carboxylic acids is 2. The molecule has 0 aliphatic carbocycles. The van der Waals surface area contributed by atoms with Crippen molar-refractivity contribution in [2.45, 2.75) is 44.4 Å². The summed E-state index contributed by atoms with van der Waals surface area (Å²) in [7, 11) is 0. The summed E-state index contributed by atoms with van der Waals surface area (Å²) in [5.41, 5.74) is 9.02. The van der Waals surface area contributed by atoms with Gasteiger partial charge in [-0.25, -0.2) is 4.39 Å². The third kappa shape index (κ3) is 4.48. The number of nitrogens with zero attached hydrogens (tertiary/aromatic N) is 3. The van der Waals surface area contributed by atoms with Gasteiger partial charge in [-0.05, 0) is 48.6 Å². The Labute approximate surface area is 174 Å². The topological polar surface area (TPSA) is 101 Å². The van der Waals surface area contributed by atoms with Gasteiger partial charge in [0.25, 0.3) is 5.91 Å². The van der Waals surface area contributed by atoms with Crippen LogP contribution < -0.4 is 11.1 Å². The summed E-state index contributed by atoms with van der Waals surface area (Å²) < 4.78 is 13.2. The number of aromatic nitrogens is 1. The van der Waals surface area contributed by atoms with E-state index in [0.717, 1.165) is 24.1 Å². The van der Waals surface area contributed by atoms with Gasteiger partial charge in [-0.2, -0.15) is 0 Å². The number of nitrogen functional groups attached to an aromatic ring is 1. The minimum Gasteiger partial charge on any atom is -0.397 e. The highest BCUT2D eigenvalue weighted by Gasteiger charge is 2.21. The van der Waals surface area contributed by atoms with Gasteiger partial charge in [-0.1, -0.05) is 12.1 Å². The van der Waals surface area contributed by atoms with Crippen LogP contribution in [-0.2, 0) is 11.3 Å². The number of alkyl halides is 1. The van der Waals surface area contributed by atoms with Gasteiger partial charge in [0.15, 0.2) is 6.30 Å². The maximum absolute atomic E-state index is 13.2. The van der Waals surface area contributed by atoms with Crippen molar-refractivity contribution in [1.29, 1.82) is 0 Å². The zero-order valence-electron chi connectivity index (χ0n) is 16.6. The van der Waals surface area contributed by atoms with E-state index in [0.29, 0.717) is 37.2 Å². The largest absolute Gasteiger partial charge is 0.397 e. The molecule has 7 nitrogen and oxygen atoms in total. The third-order valence-corrected chi connectivity index (χ3v) is 5.50. The molecule has 0 spiro atoms. The Morgan fingerprint density at radius 1 is 1.27 bits per heavy atom. The van der Waals surface area contributed by atoms with Crippen molar-refractivity contribution in [3.05, 3.63) is 53.3 Å². The van der Waals surface area contributed by atoms with Crippen LogP contribution in [0.25, 0.3) is 0 Å². The number of hydrogen-bond acceptors (Lipinski definition) is 5. The molecule has 0 radical (unpaired) electrons. The van der Waals surface area contributed by atoms with Gasteiger partial charge in [0.1, 0.15) is 5.69 Å². The lowest BCUT2D eigenvalue weighted by atomic mass is 9.92. The van der Waals surface area contributed by atoms with Crippen LogP contribution in [0.1, 0.15) is 53.2 Å². The van der Waals surface area contributed by atoms with Crippen molar-refractivity contribution >= 4 is 29.4 Å². The zero-order chi connectivity index (χ0) is 21.1. The van der Waals surface area contributed by atoms with Crippen molar-refractivity contribution in [3.63, 3.8) is 0 Å². The Morgan fingerprint density at radius 2 is 2.13 bits per heavy atom. The van der Waals surface area contributed by atoms with Gasteiger partial charge in [0.2, 0.25) is 5.91 Å². The fourth-order valence-corrected chi connectivity index (χ4v) is 3.76. The van der Waals surface area contributed by atoms with E-state index in [-0.39, 0.29) is 23.4 Å². The summed E-state index contributed by atoms with van der Waals surface area (Å²) in [4.78, 5) is 34.3. The number of rotatable bonds is 5. The van der Waals surface area contributed by atoms with E-state index in [4.69, 9.17) is 5.73 Å². The Bertz CT molecular complexity index is 976. The maximum atomic E-state index is 13.2. The first-order chi connectivity index (χ1) is 14.5. The number of pyridine rings is 1. The fourth-order valence-electron chi connectivity index (χ4n) is 3.76. The molecule has 1 saturated heterocycles. The van der Waals surface area contributed by atoms with Crippen LogP contribution >= 0.6 is 0 Å². The predicted molar refractivity (Wildman–Crippen MR) is 113 cm³/mol. The van der Waals surface area contributed by atoms with Crippen LogP contribution in [0.4, 0.5) is 15.8 Å². The van der Waals surface area contributed by atoms with Crippen LogP contribution in [0.5, 0.6) is 0 Å². The molecule has 3 heterocycles. The maximum Gasteiger partial charge on any atom is 0.274 e. The van der Waals surface area contributed by atoms with E-state index in [1.807, 2.05) is 6.07 Å². The van der Waals surface area contributed by atoms with E-state index in [2.05, 4.69) is 15.3 Å². The third-order valence-electron chi connectivity index (χ3n) is 5.50. The van der Waals surface area contributed by atoms with Crippen molar-refractivity contribution in [1.82, 2.24) is 9.88 Å². The second-order valence-corrected chi connectivity index (χ2v) is 7.69. The van der Waals surface area contributed by atoms with E-state index < -0.39 is 6.30 Å². The lowest BCUT2D eigenvalue weighted by molar-refractivity contribution is -0.128. The Kier molecular flexibility index (Phi) is 5.74. The van der Waals surface area contributed by atoms with E-state index >= 15 is 0 Å². The number of hydrogen-bond donors (Lipinski definition) is 2. The number of halogens is 1. The number of carbonyl (C=O) groups is 2. The summed E-state index contributed by atoms with van der Waals surface area (Å²) >= 11 is 0. The monoisotopic (exact) mass is 409 g/mol. The van der Waals surface area contributed by atoms with E-state index in [1.54, 1.807) is 41.6 Å². The van der Waals surface area contributed by atoms with Crippen LogP contribution in [0, 0.1) is 0 Å². The average molecular weight is 409 g/mol. The number of benzene rings is 1. The minimum absolute atomic E-state index is 0.000965. The van der Waals surface area contributed by atoms with Gasteiger partial charge in [0, 0.05) is 37.8 Å². The molecule has 0 bridgehead atoms. The normalized spacial score (nSPS) is 21.1. The molecule has 2 aliphatic heterocycles. The summed E-state index contributed by atoms with van der Waals surface area (Å²) in [6, 6.07) is 8.84. The zero-order valence-corrected chi connectivity index (χ0v) is 16.6. The van der Waals surface area contributed by atoms with E-state index in [9.17, 15) is 14.0 Å². The fraction of sp³-hybridized carbons (Fsp3) is 0.364. The van der Waals surface area contributed by atoms with Crippen LogP contribution in [0.15, 0.2) is 41.5 Å². The summed E-state index contributed by atoms with van der Waals surface area (Å²) in [5, 5.41) is 2.80. The van der Waals surface area contributed by atoms with Crippen LogP contribution in [0.2, 0.25) is 0 Å². The van der Waals surface area contributed by atoms with Crippen molar-refractivity contribution in [2.24, 2.45) is 4.99 Å². The van der Waals surface area contributed by atoms with Crippen LogP contribution in [0.3, 0.4) is 0 Å². The first kappa shape index (κ1) is 20.0. The van der Waals surface area contributed by atoms with Gasteiger partial charge in [-0.3, -0.25) is 19.6 Å². The molecule has 1 fully saturated rings. The van der Waals surface area contributed by atoms with Crippen molar-refractivity contribution in [3.8, 4) is 0 Å². The minimum atomic E-state index is -1.13. The van der Waals surface area contributed by atoms with E-state index in [1.165, 1.54) is 0 Å². The second-order valence-electron chi connectivity index (χ2n) is 7.69. The molecule has 2 unspecified atom stereocenters. The molecule has 8 heteroatoms. The highest BCUT2D eigenvalue weighted by molar-refractivity contribution is 6.04. The molecule has 2 aromatic rings. The Hall–Kier alpha value is -3.29. The van der Waals surface area contributed by atoms with Crippen LogP contribution in [-0.4, -0.2) is 40.8 Å². The molecule has 2 atom stereocenters. The molecule has 1 aromatic heterocycles. The average Bonchev–Trinajstić information content (AvgIpc) is 3.15. The first-order valence-corrected chi connectivity index (χ1v) is 10.1. The lowest BCUT2D eigenvalue weighted by Crippen LogP contribution is -2.24. The molecular formula is C22H24FN5O2. The number of amides is 2. The molecular weight excluding hydrogens is 385 g/mol. The standard InChI is InChI=1S/C22H24FN5O2/c23-20-8-5-16(12-26-20)15-4-6-17(24)19(10-15)27-22(30)18-7-3-14(11-25-18)13-28-9-1-2-21(28)29/h3-4,6-7,10-12,16,20H,1-2,5,8-9,13,24H2,(H,27,30). The molecule has 2 amide bonds. The van der Waals surface area contributed by atoms with Gasteiger partial charge < -0.3 is 16.0 Å². The molecule has 3 N–H and O–H groups in total. The smallest absolute Gasteiger partial charge is 0.274 e. The molecule has 1 aromatic carbocycles. The SMILES string of the molecule is Nc1ccc(C2C=NC(F)CC2)cc1NC(=O)c1ccc(CN2CCCC2=O)cn1. The van der Waals surface area contributed by atoms with Crippen molar-refractivity contribution in [2.75, 3.05) is 17.6 Å². The quantitative estimate of drug-likeness (QED) is 0.585. The summed E-state index contributed by atoms with van der Waals surface area (Å²) in [5.74, 6) is -0.222. The highest BCUT2D eigenvalue weighted by Crippen LogP contribution is 2.30.